The van der Waals surface area contributed by atoms with Crippen molar-refractivity contribution in [1.82, 2.24) is 19.7 Å². The van der Waals surface area contributed by atoms with Crippen molar-refractivity contribution in [3.05, 3.63) is 76.1 Å². The van der Waals surface area contributed by atoms with Gasteiger partial charge in [-0.15, -0.1) is 5.10 Å². The molecule has 2 aliphatic rings. The van der Waals surface area contributed by atoms with Crippen LogP contribution in [0.15, 0.2) is 47.5 Å². The Kier molecular flexibility index (Phi) is 4.83. The van der Waals surface area contributed by atoms with Gasteiger partial charge in [0.1, 0.15) is 5.82 Å². The van der Waals surface area contributed by atoms with Crippen molar-refractivity contribution in [3.8, 4) is 5.69 Å². The lowest BCUT2D eigenvalue weighted by Crippen LogP contribution is -2.36. The first-order valence-electron chi connectivity index (χ1n) is 9.96. The monoisotopic (exact) mass is 423 g/mol. The minimum absolute atomic E-state index is 0.163. The van der Waals surface area contributed by atoms with E-state index in [4.69, 9.17) is 11.6 Å². The molecule has 0 radical (unpaired) electrons. The van der Waals surface area contributed by atoms with Gasteiger partial charge in [-0.3, -0.25) is 9.79 Å². The Labute approximate surface area is 178 Å². The van der Waals surface area contributed by atoms with Gasteiger partial charge in [0.05, 0.1) is 17.9 Å². The highest BCUT2D eigenvalue weighted by molar-refractivity contribution is 6.31. The van der Waals surface area contributed by atoms with Crippen LogP contribution in [-0.2, 0) is 6.54 Å². The number of likely N-dealkylation sites (tertiary alicyclic amines) is 1. The molecule has 0 spiro atoms. The first kappa shape index (κ1) is 18.9. The summed E-state index contributed by atoms with van der Waals surface area (Å²) in [5.74, 6) is 0.169. The summed E-state index contributed by atoms with van der Waals surface area (Å²) in [6.07, 6.45) is 3.13. The number of aliphatic imine (C=N–C) groups is 1. The molecule has 30 heavy (non-hydrogen) atoms. The van der Waals surface area contributed by atoms with Crippen molar-refractivity contribution in [2.45, 2.75) is 25.8 Å². The Morgan fingerprint density at radius 1 is 1.03 bits per heavy atom. The molecule has 0 N–H and O–H groups in total. The van der Waals surface area contributed by atoms with Crippen LogP contribution in [0.4, 0.5) is 4.39 Å². The molecule has 3 aromatic rings. The fourth-order valence-electron chi connectivity index (χ4n) is 3.97. The number of benzene rings is 2. The maximum atomic E-state index is 14.5. The average Bonchev–Trinajstić information content (AvgIpc) is 3.13. The molecule has 1 amide bonds. The Morgan fingerprint density at radius 3 is 2.63 bits per heavy atom. The van der Waals surface area contributed by atoms with E-state index >= 15 is 0 Å². The third kappa shape index (κ3) is 3.29. The average molecular weight is 424 g/mol. The van der Waals surface area contributed by atoms with E-state index in [1.807, 2.05) is 0 Å². The number of carbonyl (C=O) groups excluding carboxylic acids is 1. The van der Waals surface area contributed by atoms with E-state index < -0.39 is 0 Å². The van der Waals surface area contributed by atoms with Crippen LogP contribution in [0.2, 0.25) is 5.02 Å². The number of carbonyl (C=O) groups is 1. The Bertz CT molecular complexity index is 1170. The third-order valence-electron chi connectivity index (χ3n) is 5.46. The Balaban J connectivity index is 1.60. The van der Waals surface area contributed by atoms with Gasteiger partial charge >= 0.3 is 0 Å². The second kappa shape index (κ2) is 7.65. The van der Waals surface area contributed by atoms with Gasteiger partial charge in [0.2, 0.25) is 5.82 Å². The van der Waals surface area contributed by atoms with Crippen LogP contribution >= 0.6 is 11.6 Å². The van der Waals surface area contributed by atoms with Gasteiger partial charge in [0.25, 0.3) is 5.91 Å². The Morgan fingerprint density at radius 2 is 1.83 bits per heavy atom. The topological polar surface area (TPSA) is 63.4 Å². The van der Waals surface area contributed by atoms with E-state index in [2.05, 4.69) is 15.1 Å². The SMILES string of the molecule is O=C(c1nc2n(n1)-c1ccc(Cl)cc1C(c1ccccc1F)=NC2)N1CCCCC1. The fourth-order valence-corrected chi connectivity index (χ4v) is 4.14. The quantitative estimate of drug-likeness (QED) is 0.625. The molecule has 6 nitrogen and oxygen atoms in total. The standard InChI is InChI=1S/C22H19ClFN5O/c23-14-8-9-18-16(12-14)20(15-6-2-3-7-17(15)24)25-13-19-26-21(27-29(18)19)22(30)28-10-4-1-5-11-28/h2-3,6-9,12H,1,4-5,10-11,13H2. The summed E-state index contributed by atoms with van der Waals surface area (Å²) in [5.41, 5.74) is 2.19. The van der Waals surface area contributed by atoms with Gasteiger partial charge in [-0.25, -0.2) is 14.1 Å². The van der Waals surface area contributed by atoms with E-state index in [1.165, 1.54) is 6.07 Å². The minimum Gasteiger partial charge on any atom is -0.336 e. The zero-order valence-electron chi connectivity index (χ0n) is 16.2. The van der Waals surface area contributed by atoms with Gasteiger partial charge in [-0.2, -0.15) is 0 Å². The van der Waals surface area contributed by atoms with Gasteiger partial charge in [-0.1, -0.05) is 23.7 Å². The predicted octanol–water partition coefficient (Wildman–Crippen LogP) is 4.04. The van der Waals surface area contributed by atoms with Crippen molar-refractivity contribution >= 4 is 23.2 Å². The van der Waals surface area contributed by atoms with E-state index in [1.54, 1.807) is 46.0 Å². The molecule has 8 heteroatoms. The van der Waals surface area contributed by atoms with E-state index in [9.17, 15) is 9.18 Å². The summed E-state index contributed by atoms with van der Waals surface area (Å²) in [4.78, 5) is 23.8. The van der Waals surface area contributed by atoms with Crippen LogP contribution in [0.25, 0.3) is 5.69 Å². The molecule has 0 saturated carbocycles. The van der Waals surface area contributed by atoms with Gasteiger partial charge in [0.15, 0.2) is 5.82 Å². The molecule has 0 aliphatic carbocycles. The molecule has 0 atom stereocenters. The summed E-state index contributed by atoms with van der Waals surface area (Å²) in [6, 6.07) is 11.8. The Hall–Kier alpha value is -3.06. The largest absolute Gasteiger partial charge is 0.336 e. The van der Waals surface area contributed by atoms with Crippen LogP contribution in [0.5, 0.6) is 0 Å². The number of rotatable bonds is 2. The predicted molar refractivity (Wildman–Crippen MR) is 112 cm³/mol. The zero-order chi connectivity index (χ0) is 20.7. The van der Waals surface area contributed by atoms with Crippen molar-refractivity contribution in [2.24, 2.45) is 4.99 Å². The summed E-state index contributed by atoms with van der Waals surface area (Å²) >= 11 is 6.25. The molecular formula is C22H19ClFN5O. The lowest BCUT2D eigenvalue weighted by molar-refractivity contribution is 0.0712. The molecule has 152 valence electrons. The number of fused-ring (bicyclic) bond motifs is 3. The number of halogens is 2. The lowest BCUT2D eigenvalue weighted by Gasteiger charge is -2.25. The molecular weight excluding hydrogens is 405 g/mol. The summed E-state index contributed by atoms with van der Waals surface area (Å²) < 4.78 is 16.2. The van der Waals surface area contributed by atoms with Gasteiger partial charge in [-0.05, 0) is 49.6 Å². The molecule has 2 aliphatic heterocycles. The maximum Gasteiger partial charge on any atom is 0.293 e. The summed E-state index contributed by atoms with van der Waals surface area (Å²) in [6.45, 7) is 1.63. The number of nitrogens with zero attached hydrogens (tertiary/aromatic N) is 5. The van der Waals surface area contributed by atoms with Crippen LogP contribution in [0, 0.1) is 5.82 Å². The minimum atomic E-state index is -0.365. The third-order valence-corrected chi connectivity index (χ3v) is 5.69. The molecule has 1 saturated heterocycles. The van der Waals surface area contributed by atoms with Crippen LogP contribution < -0.4 is 0 Å². The molecule has 0 bridgehead atoms. The molecule has 3 heterocycles. The van der Waals surface area contributed by atoms with Crippen molar-refractivity contribution in [2.75, 3.05) is 13.1 Å². The van der Waals surface area contributed by atoms with Crippen LogP contribution in [0.1, 0.15) is 46.8 Å². The molecule has 5 rings (SSSR count). The number of amides is 1. The first-order valence-corrected chi connectivity index (χ1v) is 10.3. The molecule has 1 aromatic heterocycles. The lowest BCUT2D eigenvalue weighted by atomic mass is 10.00. The number of hydrogen-bond donors (Lipinski definition) is 0. The molecule has 1 fully saturated rings. The van der Waals surface area contributed by atoms with Crippen LogP contribution in [0.3, 0.4) is 0 Å². The van der Waals surface area contributed by atoms with Gasteiger partial charge < -0.3 is 4.90 Å². The van der Waals surface area contributed by atoms with Crippen molar-refractivity contribution < 1.29 is 9.18 Å². The zero-order valence-corrected chi connectivity index (χ0v) is 16.9. The van der Waals surface area contributed by atoms with E-state index in [0.29, 0.717) is 33.4 Å². The van der Waals surface area contributed by atoms with Crippen molar-refractivity contribution in [1.29, 1.82) is 0 Å². The van der Waals surface area contributed by atoms with Gasteiger partial charge in [0, 0.05) is 29.2 Å². The van der Waals surface area contributed by atoms with E-state index in [0.717, 1.165) is 32.4 Å². The fraction of sp³-hybridized carbons (Fsp3) is 0.273. The maximum absolute atomic E-state index is 14.5. The summed E-state index contributed by atoms with van der Waals surface area (Å²) in [7, 11) is 0. The molecule has 2 aromatic carbocycles. The second-order valence-electron chi connectivity index (χ2n) is 7.42. The highest BCUT2D eigenvalue weighted by Crippen LogP contribution is 2.28. The smallest absolute Gasteiger partial charge is 0.293 e. The van der Waals surface area contributed by atoms with Crippen LogP contribution in [-0.4, -0.2) is 44.4 Å². The van der Waals surface area contributed by atoms with E-state index in [-0.39, 0.29) is 24.1 Å². The first-order chi connectivity index (χ1) is 14.6. The number of aromatic nitrogens is 3. The van der Waals surface area contributed by atoms with Crippen molar-refractivity contribution in [3.63, 3.8) is 0 Å². The molecule has 0 unspecified atom stereocenters. The second-order valence-corrected chi connectivity index (χ2v) is 7.86. The highest BCUT2D eigenvalue weighted by Gasteiger charge is 2.27. The summed E-state index contributed by atoms with van der Waals surface area (Å²) in [5, 5.41) is 5.02. The highest BCUT2D eigenvalue weighted by atomic mass is 35.5. The normalized spacial score (nSPS) is 15.8. The number of piperidine rings is 1. The number of hydrogen-bond acceptors (Lipinski definition) is 4.